The lowest BCUT2D eigenvalue weighted by atomic mass is 10.0. The number of methoxy groups -OCH3 is 2. The van der Waals surface area contributed by atoms with Crippen molar-refractivity contribution in [3.63, 3.8) is 0 Å². The predicted molar refractivity (Wildman–Crippen MR) is 102 cm³/mol. The van der Waals surface area contributed by atoms with E-state index in [0.29, 0.717) is 0 Å². The fourth-order valence-electron chi connectivity index (χ4n) is 4.11. The van der Waals surface area contributed by atoms with Gasteiger partial charge in [-0.05, 0) is 50.4 Å². The molecule has 1 aliphatic heterocycles. The Bertz CT molecular complexity index is 673. The second-order valence-corrected chi connectivity index (χ2v) is 7.24. The first kappa shape index (κ1) is 19.5. The number of hydrogen-bond donors (Lipinski definition) is 2. The highest BCUT2D eigenvalue weighted by Gasteiger charge is 2.30. The summed E-state index contributed by atoms with van der Waals surface area (Å²) in [6, 6.07) is 5.59. The van der Waals surface area contributed by atoms with Crippen molar-refractivity contribution >= 4 is 11.9 Å². The molecule has 7 nitrogen and oxygen atoms in total. The van der Waals surface area contributed by atoms with Gasteiger partial charge in [0.2, 0.25) is 5.91 Å². The van der Waals surface area contributed by atoms with Crippen LogP contribution < -0.4 is 20.1 Å². The Kier molecular flexibility index (Phi) is 6.55. The van der Waals surface area contributed by atoms with Crippen LogP contribution in [0, 0.1) is 0 Å². The molecule has 0 spiro atoms. The Balaban J connectivity index is 1.61. The van der Waals surface area contributed by atoms with Crippen molar-refractivity contribution in [3.05, 3.63) is 23.8 Å². The molecule has 2 aliphatic rings. The summed E-state index contributed by atoms with van der Waals surface area (Å²) in [5, 5.41) is 5.36. The first-order valence-electron chi connectivity index (χ1n) is 9.67. The third-order valence-electron chi connectivity index (χ3n) is 5.45. The van der Waals surface area contributed by atoms with E-state index in [9.17, 15) is 9.59 Å². The number of likely N-dealkylation sites (tertiary alicyclic amines) is 1. The quantitative estimate of drug-likeness (QED) is 0.799. The van der Waals surface area contributed by atoms with Gasteiger partial charge in [0.1, 0.15) is 11.5 Å². The van der Waals surface area contributed by atoms with Gasteiger partial charge < -0.3 is 14.8 Å². The lowest BCUT2D eigenvalue weighted by Gasteiger charge is -2.26. The second kappa shape index (κ2) is 9.08. The number of ether oxygens (including phenoxy) is 2. The molecule has 1 saturated heterocycles. The van der Waals surface area contributed by atoms with Crippen LogP contribution >= 0.6 is 0 Å². The number of nitrogens with zero attached hydrogens (tertiary/aromatic N) is 1. The number of rotatable bonds is 6. The maximum absolute atomic E-state index is 12.4. The molecule has 2 N–H and O–H groups in total. The van der Waals surface area contributed by atoms with Gasteiger partial charge in [-0.2, -0.15) is 0 Å². The lowest BCUT2D eigenvalue weighted by Crippen LogP contribution is -2.47. The van der Waals surface area contributed by atoms with Crippen LogP contribution in [0.4, 0.5) is 4.79 Å². The van der Waals surface area contributed by atoms with E-state index in [1.807, 2.05) is 18.2 Å². The maximum Gasteiger partial charge on any atom is 0.321 e. The van der Waals surface area contributed by atoms with E-state index >= 15 is 0 Å². The summed E-state index contributed by atoms with van der Waals surface area (Å²) in [4.78, 5) is 26.5. The highest BCUT2D eigenvalue weighted by Crippen LogP contribution is 2.38. The van der Waals surface area contributed by atoms with Crippen LogP contribution in [0.5, 0.6) is 11.5 Å². The first-order chi connectivity index (χ1) is 13.1. The summed E-state index contributed by atoms with van der Waals surface area (Å²) in [6.07, 6.45) is 6.18. The van der Waals surface area contributed by atoms with Gasteiger partial charge in [-0.25, -0.2) is 4.79 Å². The zero-order valence-electron chi connectivity index (χ0n) is 16.1. The average molecular weight is 375 g/mol. The molecule has 0 unspecified atom stereocenters. The van der Waals surface area contributed by atoms with E-state index in [2.05, 4.69) is 15.5 Å². The van der Waals surface area contributed by atoms with Gasteiger partial charge in [-0.3, -0.25) is 15.0 Å². The Morgan fingerprint density at radius 3 is 2.59 bits per heavy atom. The zero-order valence-corrected chi connectivity index (χ0v) is 16.1. The summed E-state index contributed by atoms with van der Waals surface area (Å²) >= 11 is 0. The largest absolute Gasteiger partial charge is 0.497 e. The Hall–Kier alpha value is -2.28. The van der Waals surface area contributed by atoms with E-state index < -0.39 is 0 Å². The van der Waals surface area contributed by atoms with Crippen molar-refractivity contribution in [2.45, 2.75) is 50.6 Å². The number of benzene rings is 1. The summed E-state index contributed by atoms with van der Waals surface area (Å²) in [5.41, 5.74) is 1.01. The molecule has 1 aromatic carbocycles. The highest BCUT2D eigenvalue weighted by molar-refractivity contribution is 5.95. The first-order valence-corrected chi connectivity index (χ1v) is 9.67. The molecule has 1 heterocycles. The molecule has 1 saturated carbocycles. The van der Waals surface area contributed by atoms with Crippen LogP contribution in [-0.4, -0.2) is 50.2 Å². The van der Waals surface area contributed by atoms with Crippen LogP contribution in [0.1, 0.15) is 50.1 Å². The SMILES string of the molecule is COc1ccc(OC)c([C@H]2CCCN2CC(=O)NC(=O)NC2CCCC2)c1. The summed E-state index contributed by atoms with van der Waals surface area (Å²) in [6.45, 7) is 0.992. The van der Waals surface area contributed by atoms with Gasteiger partial charge >= 0.3 is 6.03 Å². The van der Waals surface area contributed by atoms with Crippen LogP contribution in [0.2, 0.25) is 0 Å². The van der Waals surface area contributed by atoms with E-state index in [0.717, 1.165) is 62.1 Å². The van der Waals surface area contributed by atoms with E-state index in [-0.39, 0.29) is 30.6 Å². The molecule has 0 aromatic heterocycles. The van der Waals surface area contributed by atoms with Gasteiger partial charge in [0, 0.05) is 17.6 Å². The van der Waals surface area contributed by atoms with E-state index in [1.165, 1.54) is 0 Å². The van der Waals surface area contributed by atoms with Crippen molar-refractivity contribution in [2.75, 3.05) is 27.3 Å². The third kappa shape index (κ3) is 4.91. The summed E-state index contributed by atoms with van der Waals surface area (Å²) < 4.78 is 10.8. The van der Waals surface area contributed by atoms with Gasteiger partial charge in [-0.1, -0.05) is 12.8 Å². The third-order valence-corrected chi connectivity index (χ3v) is 5.45. The van der Waals surface area contributed by atoms with Crippen molar-refractivity contribution in [3.8, 4) is 11.5 Å². The van der Waals surface area contributed by atoms with Crippen LogP contribution in [0.15, 0.2) is 18.2 Å². The standard InChI is InChI=1S/C20H29N3O4/c1-26-15-9-10-18(27-2)16(12-15)17-8-5-11-23(17)13-19(24)22-20(25)21-14-6-3-4-7-14/h9-10,12,14,17H,3-8,11,13H2,1-2H3,(H2,21,22,24,25)/t17-/m1/s1. The number of hydrogen-bond acceptors (Lipinski definition) is 5. The Morgan fingerprint density at radius 2 is 1.89 bits per heavy atom. The molecule has 0 radical (unpaired) electrons. The zero-order chi connectivity index (χ0) is 19.2. The molecule has 1 atom stereocenters. The number of amides is 3. The number of carbonyl (C=O) groups excluding carboxylic acids is 2. The molecule has 1 aliphatic carbocycles. The number of urea groups is 1. The van der Waals surface area contributed by atoms with E-state index in [4.69, 9.17) is 9.47 Å². The van der Waals surface area contributed by atoms with Gasteiger partial charge in [0.25, 0.3) is 0 Å². The van der Waals surface area contributed by atoms with Gasteiger partial charge in [0.05, 0.1) is 20.8 Å². The lowest BCUT2D eigenvalue weighted by molar-refractivity contribution is -0.121. The van der Waals surface area contributed by atoms with E-state index in [1.54, 1.807) is 14.2 Å². The predicted octanol–water partition coefficient (Wildman–Crippen LogP) is 2.61. The van der Waals surface area contributed by atoms with Crippen LogP contribution in [0.3, 0.4) is 0 Å². The van der Waals surface area contributed by atoms with Crippen molar-refractivity contribution in [1.82, 2.24) is 15.5 Å². The van der Waals surface area contributed by atoms with Crippen LogP contribution in [0.25, 0.3) is 0 Å². The average Bonchev–Trinajstić information content (AvgIpc) is 3.32. The normalized spacial score (nSPS) is 20.4. The minimum atomic E-state index is -0.387. The topological polar surface area (TPSA) is 79.9 Å². The smallest absolute Gasteiger partial charge is 0.321 e. The molecule has 3 rings (SSSR count). The minimum absolute atomic E-state index is 0.0682. The number of imide groups is 1. The van der Waals surface area contributed by atoms with Gasteiger partial charge in [0.15, 0.2) is 0 Å². The van der Waals surface area contributed by atoms with Crippen molar-refractivity contribution in [1.29, 1.82) is 0 Å². The van der Waals surface area contributed by atoms with Crippen molar-refractivity contribution < 1.29 is 19.1 Å². The van der Waals surface area contributed by atoms with Crippen LogP contribution in [-0.2, 0) is 4.79 Å². The molecular weight excluding hydrogens is 346 g/mol. The molecule has 148 valence electrons. The fourth-order valence-corrected chi connectivity index (χ4v) is 4.11. The molecule has 27 heavy (non-hydrogen) atoms. The maximum atomic E-state index is 12.4. The fraction of sp³-hybridized carbons (Fsp3) is 0.600. The molecule has 2 fully saturated rings. The molecule has 3 amide bonds. The minimum Gasteiger partial charge on any atom is -0.497 e. The molecular formula is C20H29N3O4. The van der Waals surface area contributed by atoms with Gasteiger partial charge in [-0.15, -0.1) is 0 Å². The number of carbonyl (C=O) groups is 2. The molecule has 0 bridgehead atoms. The monoisotopic (exact) mass is 375 g/mol. The Morgan fingerprint density at radius 1 is 1.11 bits per heavy atom. The van der Waals surface area contributed by atoms with Crippen molar-refractivity contribution in [2.24, 2.45) is 0 Å². The second-order valence-electron chi connectivity index (χ2n) is 7.24. The highest BCUT2D eigenvalue weighted by atomic mass is 16.5. The summed E-state index contributed by atoms with van der Waals surface area (Å²) in [7, 11) is 3.28. The number of nitrogens with one attached hydrogen (secondary N) is 2. The molecule has 1 aromatic rings. The molecule has 7 heteroatoms. The Labute approximate surface area is 160 Å². The summed E-state index contributed by atoms with van der Waals surface area (Å²) in [5.74, 6) is 1.27.